The maximum atomic E-state index is 12.0. The Kier molecular flexibility index (Phi) is 6.56. The minimum atomic E-state index is 0.342. The number of likely N-dealkylation sites (tertiary alicyclic amines) is 1. The third-order valence-corrected chi connectivity index (χ3v) is 3.61. The highest BCUT2D eigenvalue weighted by molar-refractivity contribution is 5.76. The molecule has 0 radical (unpaired) electrons. The quantitative estimate of drug-likeness (QED) is 0.773. The third-order valence-electron chi connectivity index (χ3n) is 3.61. The predicted molar refractivity (Wildman–Crippen MR) is 72.0 cm³/mol. The van der Waals surface area contributed by atoms with Crippen molar-refractivity contribution in [1.29, 1.82) is 0 Å². The number of carbonyl (C=O) groups is 1. The van der Waals surface area contributed by atoms with Crippen molar-refractivity contribution in [3.8, 4) is 0 Å². The fourth-order valence-corrected chi connectivity index (χ4v) is 2.57. The average molecular weight is 240 g/mol. The molecule has 1 rings (SSSR count). The summed E-state index contributed by atoms with van der Waals surface area (Å²) in [5, 5.41) is 3.57. The van der Waals surface area contributed by atoms with Gasteiger partial charge in [0.1, 0.15) is 0 Å². The standard InChI is InChI=1S/C14H28N2O/c1-4-7-14(17)16-10-12(6-3)9-13(11-16)15-8-5-2/h12-13,15H,4-11H2,1-3H3. The molecule has 1 saturated heterocycles. The molecule has 2 atom stereocenters. The van der Waals surface area contributed by atoms with Gasteiger partial charge in [-0.3, -0.25) is 4.79 Å². The van der Waals surface area contributed by atoms with Gasteiger partial charge in [-0.25, -0.2) is 0 Å². The smallest absolute Gasteiger partial charge is 0.222 e. The van der Waals surface area contributed by atoms with Crippen LogP contribution in [0, 0.1) is 5.92 Å². The second kappa shape index (κ2) is 7.70. The van der Waals surface area contributed by atoms with Crippen LogP contribution in [0.1, 0.15) is 52.9 Å². The van der Waals surface area contributed by atoms with Crippen molar-refractivity contribution in [2.24, 2.45) is 5.92 Å². The van der Waals surface area contributed by atoms with Crippen LogP contribution in [0.4, 0.5) is 0 Å². The van der Waals surface area contributed by atoms with Crippen LogP contribution in [0.15, 0.2) is 0 Å². The van der Waals surface area contributed by atoms with E-state index in [9.17, 15) is 4.79 Å². The van der Waals surface area contributed by atoms with Gasteiger partial charge in [0, 0.05) is 25.6 Å². The lowest BCUT2D eigenvalue weighted by Crippen LogP contribution is -2.51. The van der Waals surface area contributed by atoms with Crippen LogP contribution in [-0.2, 0) is 4.79 Å². The Hall–Kier alpha value is -0.570. The Bertz CT molecular complexity index is 230. The van der Waals surface area contributed by atoms with Gasteiger partial charge in [-0.05, 0) is 31.7 Å². The Labute approximate surface area is 106 Å². The van der Waals surface area contributed by atoms with Crippen LogP contribution < -0.4 is 5.32 Å². The van der Waals surface area contributed by atoms with Crippen molar-refractivity contribution >= 4 is 5.91 Å². The largest absolute Gasteiger partial charge is 0.341 e. The molecule has 1 heterocycles. The second-order valence-electron chi connectivity index (χ2n) is 5.21. The van der Waals surface area contributed by atoms with Gasteiger partial charge in [0.05, 0.1) is 0 Å². The summed E-state index contributed by atoms with van der Waals surface area (Å²) in [6.07, 6.45) is 5.24. The van der Waals surface area contributed by atoms with Gasteiger partial charge < -0.3 is 10.2 Å². The molecule has 3 heteroatoms. The van der Waals surface area contributed by atoms with Gasteiger partial charge in [-0.2, -0.15) is 0 Å². The summed E-state index contributed by atoms with van der Waals surface area (Å²) in [6.45, 7) is 9.44. The zero-order valence-electron chi connectivity index (χ0n) is 11.7. The van der Waals surface area contributed by atoms with Crippen molar-refractivity contribution in [2.75, 3.05) is 19.6 Å². The molecule has 1 N–H and O–H groups in total. The first-order valence-corrected chi connectivity index (χ1v) is 7.22. The first kappa shape index (κ1) is 14.5. The lowest BCUT2D eigenvalue weighted by Gasteiger charge is -2.38. The zero-order chi connectivity index (χ0) is 12.7. The summed E-state index contributed by atoms with van der Waals surface area (Å²) in [5.74, 6) is 1.02. The highest BCUT2D eigenvalue weighted by Gasteiger charge is 2.28. The predicted octanol–water partition coefficient (Wildman–Crippen LogP) is 2.41. The Morgan fingerprint density at radius 1 is 1.24 bits per heavy atom. The van der Waals surface area contributed by atoms with E-state index in [-0.39, 0.29) is 0 Å². The molecule has 1 amide bonds. The summed E-state index contributed by atoms with van der Waals surface area (Å²) in [5.41, 5.74) is 0. The fourth-order valence-electron chi connectivity index (χ4n) is 2.57. The minimum Gasteiger partial charge on any atom is -0.341 e. The van der Waals surface area contributed by atoms with E-state index in [1.165, 1.54) is 12.8 Å². The number of nitrogens with zero attached hydrogens (tertiary/aromatic N) is 1. The zero-order valence-corrected chi connectivity index (χ0v) is 11.7. The molecule has 0 aliphatic carbocycles. The number of hydrogen-bond donors (Lipinski definition) is 1. The molecule has 1 fully saturated rings. The van der Waals surface area contributed by atoms with E-state index < -0.39 is 0 Å². The van der Waals surface area contributed by atoms with Gasteiger partial charge in [0.15, 0.2) is 0 Å². The molecule has 0 bridgehead atoms. The molecule has 1 aliphatic rings. The fraction of sp³-hybridized carbons (Fsp3) is 0.929. The van der Waals surface area contributed by atoms with E-state index in [2.05, 4.69) is 31.0 Å². The van der Waals surface area contributed by atoms with Crippen LogP contribution >= 0.6 is 0 Å². The van der Waals surface area contributed by atoms with Crippen molar-refractivity contribution in [3.05, 3.63) is 0 Å². The van der Waals surface area contributed by atoms with E-state index in [0.29, 0.717) is 24.3 Å². The molecule has 2 unspecified atom stereocenters. The minimum absolute atomic E-state index is 0.342. The van der Waals surface area contributed by atoms with Gasteiger partial charge in [0.25, 0.3) is 0 Å². The van der Waals surface area contributed by atoms with Gasteiger partial charge in [-0.1, -0.05) is 27.2 Å². The first-order chi connectivity index (χ1) is 8.21. The number of piperidine rings is 1. The van der Waals surface area contributed by atoms with E-state index in [0.717, 1.165) is 32.5 Å². The molecule has 0 saturated carbocycles. The highest BCUT2D eigenvalue weighted by atomic mass is 16.2. The summed E-state index contributed by atoms with van der Waals surface area (Å²) < 4.78 is 0. The Morgan fingerprint density at radius 3 is 2.59 bits per heavy atom. The van der Waals surface area contributed by atoms with Crippen LogP contribution in [-0.4, -0.2) is 36.5 Å². The number of amides is 1. The molecular formula is C14H28N2O. The number of rotatable bonds is 6. The monoisotopic (exact) mass is 240 g/mol. The van der Waals surface area contributed by atoms with Crippen molar-refractivity contribution in [1.82, 2.24) is 10.2 Å². The summed E-state index contributed by atoms with van der Waals surface area (Å²) in [7, 11) is 0. The maximum Gasteiger partial charge on any atom is 0.222 e. The maximum absolute atomic E-state index is 12.0. The summed E-state index contributed by atoms with van der Waals surface area (Å²) >= 11 is 0. The van der Waals surface area contributed by atoms with Crippen LogP contribution in [0.25, 0.3) is 0 Å². The van der Waals surface area contributed by atoms with E-state index in [4.69, 9.17) is 0 Å². The number of hydrogen-bond acceptors (Lipinski definition) is 2. The van der Waals surface area contributed by atoms with E-state index in [1.54, 1.807) is 0 Å². The van der Waals surface area contributed by atoms with Crippen LogP contribution in [0.3, 0.4) is 0 Å². The lowest BCUT2D eigenvalue weighted by atomic mass is 9.91. The van der Waals surface area contributed by atoms with E-state index in [1.807, 2.05) is 0 Å². The Balaban J connectivity index is 2.50. The van der Waals surface area contributed by atoms with Crippen molar-refractivity contribution in [2.45, 2.75) is 58.9 Å². The van der Waals surface area contributed by atoms with Gasteiger partial charge in [-0.15, -0.1) is 0 Å². The second-order valence-corrected chi connectivity index (χ2v) is 5.21. The summed E-state index contributed by atoms with van der Waals surface area (Å²) in [4.78, 5) is 14.1. The molecule has 0 aromatic heterocycles. The summed E-state index contributed by atoms with van der Waals surface area (Å²) in [6, 6.07) is 0.509. The third kappa shape index (κ3) is 4.66. The number of carbonyl (C=O) groups excluding carboxylic acids is 1. The van der Waals surface area contributed by atoms with E-state index >= 15 is 0 Å². The molecule has 1 aliphatic heterocycles. The molecule has 0 spiro atoms. The molecular weight excluding hydrogens is 212 g/mol. The molecule has 0 aromatic rings. The van der Waals surface area contributed by atoms with Crippen LogP contribution in [0.2, 0.25) is 0 Å². The normalized spacial score (nSPS) is 25.0. The molecule has 100 valence electrons. The van der Waals surface area contributed by atoms with Crippen molar-refractivity contribution < 1.29 is 4.79 Å². The molecule has 3 nitrogen and oxygen atoms in total. The van der Waals surface area contributed by atoms with Crippen LogP contribution in [0.5, 0.6) is 0 Å². The topological polar surface area (TPSA) is 32.3 Å². The average Bonchev–Trinajstić information content (AvgIpc) is 2.36. The highest BCUT2D eigenvalue weighted by Crippen LogP contribution is 2.20. The van der Waals surface area contributed by atoms with Gasteiger partial charge in [0.2, 0.25) is 5.91 Å². The lowest BCUT2D eigenvalue weighted by molar-refractivity contribution is -0.133. The number of nitrogens with one attached hydrogen (secondary N) is 1. The molecule has 0 aromatic carbocycles. The van der Waals surface area contributed by atoms with Crippen molar-refractivity contribution in [3.63, 3.8) is 0 Å². The first-order valence-electron chi connectivity index (χ1n) is 7.22. The van der Waals surface area contributed by atoms with Gasteiger partial charge >= 0.3 is 0 Å². The SMILES string of the molecule is CCCNC1CC(CC)CN(C(=O)CCC)C1. The molecule has 17 heavy (non-hydrogen) atoms. The Morgan fingerprint density at radius 2 is 2.00 bits per heavy atom.